The lowest BCUT2D eigenvalue weighted by atomic mass is 9.87. The van der Waals surface area contributed by atoms with Crippen LogP contribution < -0.4 is 10.6 Å². The highest BCUT2D eigenvalue weighted by molar-refractivity contribution is 5.94. The molecule has 2 aromatic heterocycles. The Bertz CT molecular complexity index is 862. The number of rotatable bonds is 6. The van der Waals surface area contributed by atoms with Crippen molar-refractivity contribution in [2.45, 2.75) is 26.2 Å². The summed E-state index contributed by atoms with van der Waals surface area (Å²) >= 11 is 0. The molecule has 6 nitrogen and oxygen atoms in total. The van der Waals surface area contributed by atoms with Crippen molar-refractivity contribution in [3.05, 3.63) is 72.1 Å². The fraction of sp³-hybridized carbons (Fsp3) is 0.286. The summed E-state index contributed by atoms with van der Waals surface area (Å²) in [5.41, 5.74) is 1.96. The second-order valence-corrected chi connectivity index (χ2v) is 7.38. The molecule has 0 saturated heterocycles. The number of nitrogens with zero attached hydrogens (tertiary/aromatic N) is 3. The molecular weight excluding hydrogens is 338 g/mol. The van der Waals surface area contributed by atoms with Crippen LogP contribution in [0.5, 0.6) is 0 Å². The SMILES string of the molecule is CC(C)(C)c1ccc(C(=O)NCCNc2ccc(-n3cccc3)nn2)cc1. The number of hydrogen-bond donors (Lipinski definition) is 2. The fourth-order valence-corrected chi connectivity index (χ4v) is 2.63. The maximum atomic E-state index is 12.2. The number of carbonyl (C=O) groups is 1. The maximum Gasteiger partial charge on any atom is 0.251 e. The largest absolute Gasteiger partial charge is 0.367 e. The van der Waals surface area contributed by atoms with Crippen LogP contribution in [0.1, 0.15) is 36.7 Å². The number of carbonyl (C=O) groups excluding carboxylic acids is 1. The minimum absolute atomic E-state index is 0.0775. The first-order valence-electron chi connectivity index (χ1n) is 9.03. The first-order chi connectivity index (χ1) is 12.9. The summed E-state index contributed by atoms with van der Waals surface area (Å²) in [5, 5.41) is 14.4. The molecule has 3 aromatic rings. The summed E-state index contributed by atoms with van der Waals surface area (Å²) in [5.74, 6) is 1.36. The van der Waals surface area contributed by atoms with E-state index in [1.165, 1.54) is 5.56 Å². The lowest BCUT2D eigenvalue weighted by Gasteiger charge is -2.19. The number of hydrogen-bond acceptors (Lipinski definition) is 4. The number of anilines is 1. The van der Waals surface area contributed by atoms with E-state index in [4.69, 9.17) is 0 Å². The van der Waals surface area contributed by atoms with Crippen molar-refractivity contribution in [2.24, 2.45) is 0 Å². The lowest BCUT2D eigenvalue weighted by molar-refractivity contribution is 0.0955. The molecule has 3 rings (SSSR count). The molecule has 2 heterocycles. The van der Waals surface area contributed by atoms with E-state index in [1.807, 2.05) is 65.5 Å². The maximum absolute atomic E-state index is 12.2. The molecule has 0 spiro atoms. The van der Waals surface area contributed by atoms with Gasteiger partial charge in [-0.3, -0.25) is 4.79 Å². The van der Waals surface area contributed by atoms with Gasteiger partial charge in [0.2, 0.25) is 0 Å². The smallest absolute Gasteiger partial charge is 0.251 e. The van der Waals surface area contributed by atoms with Crippen LogP contribution in [0.15, 0.2) is 60.9 Å². The number of aromatic nitrogens is 3. The zero-order chi connectivity index (χ0) is 19.3. The summed E-state index contributed by atoms with van der Waals surface area (Å²) < 4.78 is 1.89. The van der Waals surface area contributed by atoms with Gasteiger partial charge >= 0.3 is 0 Å². The fourth-order valence-electron chi connectivity index (χ4n) is 2.63. The highest BCUT2D eigenvalue weighted by Gasteiger charge is 2.14. The van der Waals surface area contributed by atoms with E-state index in [9.17, 15) is 4.79 Å². The van der Waals surface area contributed by atoms with Crippen LogP contribution in [0, 0.1) is 0 Å². The van der Waals surface area contributed by atoms with Gasteiger partial charge in [-0.1, -0.05) is 32.9 Å². The number of amides is 1. The van der Waals surface area contributed by atoms with Gasteiger partial charge in [-0.2, -0.15) is 0 Å². The molecule has 0 fully saturated rings. The second kappa shape index (κ2) is 8.03. The van der Waals surface area contributed by atoms with Crippen LogP contribution in [-0.2, 0) is 5.41 Å². The third-order valence-electron chi connectivity index (χ3n) is 4.25. The van der Waals surface area contributed by atoms with Crippen molar-refractivity contribution in [2.75, 3.05) is 18.4 Å². The topological polar surface area (TPSA) is 71.8 Å². The number of nitrogens with one attached hydrogen (secondary N) is 2. The summed E-state index contributed by atoms with van der Waals surface area (Å²) in [6.45, 7) is 7.54. The highest BCUT2D eigenvalue weighted by atomic mass is 16.1. The molecule has 0 aliphatic carbocycles. The zero-order valence-corrected chi connectivity index (χ0v) is 15.9. The second-order valence-electron chi connectivity index (χ2n) is 7.38. The normalized spacial score (nSPS) is 11.2. The molecule has 2 N–H and O–H groups in total. The molecule has 0 radical (unpaired) electrons. The summed E-state index contributed by atoms with van der Waals surface area (Å²) in [6, 6.07) is 15.4. The molecule has 1 aromatic carbocycles. The van der Waals surface area contributed by atoms with Gasteiger partial charge in [0.1, 0.15) is 5.82 Å². The van der Waals surface area contributed by atoms with Crippen LogP contribution in [0.25, 0.3) is 5.82 Å². The Hall–Kier alpha value is -3.15. The molecule has 1 amide bonds. The quantitative estimate of drug-likeness (QED) is 0.659. The Balaban J connectivity index is 1.45. The van der Waals surface area contributed by atoms with Gasteiger partial charge in [-0.15, -0.1) is 10.2 Å². The Morgan fingerprint density at radius 1 is 0.963 bits per heavy atom. The van der Waals surface area contributed by atoms with Crippen molar-refractivity contribution < 1.29 is 4.79 Å². The van der Waals surface area contributed by atoms with E-state index < -0.39 is 0 Å². The zero-order valence-electron chi connectivity index (χ0n) is 15.9. The summed E-state index contributed by atoms with van der Waals surface area (Å²) in [4.78, 5) is 12.2. The molecule has 6 heteroatoms. The van der Waals surface area contributed by atoms with Crippen molar-refractivity contribution in [1.29, 1.82) is 0 Å². The molecule has 27 heavy (non-hydrogen) atoms. The van der Waals surface area contributed by atoms with Crippen LogP contribution in [-0.4, -0.2) is 33.8 Å². The van der Waals surface area contributed by atoms with Crippen molar-refractivity contribution >= 4 is 11.7 Å². The molecule has 0 saturated carbocycles. The van der Waals surface area contributed by atoms with Gasteiger partial charge in [0.15, 0.2) is 5.82 Å². The van der Waals surface area contributed by atoms with Crippen LogP contribution in [0.3, 0.4) is 0 Å². The average molecular weight is 363 g/mol. The van der Waals surface area contributed by atoms with Gasteiger partial charge < -0.3 is 15.2 Å². The predicted octanol–water partition coefficient (Wildman–Crippen LogP) is 3.41. The van der Waals surface area contributed by atoms with Gasteiger partial charge in [-0.05, 0) is 47.4 Å². The minimum atomic E-state index is -0.0775. The first kappa shape index (κ1) is 18.6. The van der Waals surface area contributed by atoms with Gasteiger partial charge in [0.25, 0.3) is 5.91 Å². The van der Waals surface area contributed by atoms with E-state index in [-0.39, 0.29) is 11.3 Å². The predicted molar refractivity (Wildman–Crippen MR) is 107 cm³/mol. The van der Waals surface area contributed by atoms with Crippen molar-refractivity contribution in [3.8, 4) is 5.82 Å². The van der Waals surface area contributed by atoms with E-state index in [1.54, 1.807) is 0 Å². The van der Waals surface area contributed by atoms with Crippen molar-refractivity contribution in [3.63, 3.8) is 0 Å². The molecule has 0 atom stereocenters. The van der Waals surface area contributed by atoms with Crippen molar-refractivity contribution in [1.82, 2.24) is 20.1 Å². The summed E-state index contributed by atoms with van der Waals surface area (Å²) in [6.07, 6.45) is 3.83. The average Bonchev–Trinajstić information content (AvgIpc) is 3.20. The minimum Gasteiger partial charge on any atom is -0.367 e. The molecule has 0 aliphatic rings. The lowest BCUT2D eigenvalue weighted by Crippen LogP contribution is -2.29. The van der Waals surface area contributed by atoms with Gasteiger partial charge in [0, 0.05) is 31.0 Å². The van der Waals surface area contributed by atoms with Gasteiger partial charge in [-0.25, -0.2) is 0 Å². The molecule has 0 aliphatic heterocycles. The Kier molecular flexibility index (Phi) is 5.54. The Morgan fingerprint density at radius 2 is 1.67 bits per heavy atom. The standard InChI is InChI=1S/C21H25N5O/c1-21(2,3)17-8-6-16(7-9-17)20(27)23-13-12-22-18-10-11-19(25-24-18)26-14-4-5-15-26/h4-11,14-15H,12-13H2,1-3H3,(H,22,24)(H,23,27). The molecular formula is C21H25N5O. The highest BCUT2D eigenvalue weighted by Crippen LogP contribution is 2.22. The number of benzene rings is 1. The third-order valence-corrected chi connectivity index (χ3v) is 4.25. The van der Waals surface area contributed by atoms with Crippen LogP contribution in [0.2, 0.25) is 0 Å². The van der Waals surface area contributed by atoms with E-state index >= 15 is 0 Å². The Morgan fingerprint density at radius 3 is 2.26 bits per heavy atom. The Labute approximate surface area is 159 Å². The molecule has 140 valence electrons. The molecule has 0 unspecified atom stereocenters. The third kappa shape index (κ3) is 4.94. The van der Waals surface area contributed by atoms with Crippen LogP contribution in [0.4, 0.5) is 5.82 Å². The monoisotopic (exact) mass is 363 g/mol. The summed E-state index contributed by atoms with van der Waals surface area (Å²) in [7, 11) is 0. The van der Waals surface area contributed by atoms with E-state index in [0.29, 0.717) is 24.5 Å². The van der Waals surface area contributed by atoms with E-state index in [0.717, 1.165) is 5.82 Å². The van der Waals surface area contributed by atoms with Gasteiger partial charge in [0.05, 0.1) is 0 Å². The van der Waals surface area contributed by atoms with Crippen LogP contribution >= 0.6 is 0 Å². The first-order valence-corrected chi connectivity index (χ1v) is 9.03. The molecule has 0 bridgehead atoms. The van der Waals surface area contributed by atoms with E-state index in [2.05, 4.69) is 41.6 Å².